The van der Waals surface area contributed by atoms with Crippen molar-refractivity contribution >= 4 is 73.0 Å². The molecule has 0 aliphatic carbocycles. The number of fused-ring (bicyclic) bond motifs is 2. The Morgan fingerprint density at radius 1 is 0.544 bits per heavy atom. The van der Waals surface area contributed by atoms with Crippen LogP contribution < -0.4 is 19.6 Å². The van der Waals surface area contributed by atoms with E-state index < -0.39 is 0 Å². The standard InChI is InChI=1S/C58H59N7O3/c1-8-41-21-15-19-27-53(41)64(10-3)58(66)52-38-44-24-14-18-26-51(44)56(57(52)67-12-5)62-60-47-31-35-49(36-32-47)63(7)48-33-29-46(30-34-48)59-61-55-40(6)45(37-43-23-13-17-25-50(43)55)39-68-65(11-4)54-28-20-16-22-42(54)9-2/h13-38H,8-12,39H2,1-7H3. The van der Waals surface area contributed by atoms with E-state index in [0.717, 1.165) is 91.7 Å². The molecule has 0 aromatic heterocycles. The lowest BCUT2D eigenvalue weighted by molar-refractivity contribution is 0.0966. The van der Waals surface area contributed by atoms with Crippen molar-refractivity contribution in [2.45, 2.75) is 61.0 Å². The molecule has 0 spiro atoms. The number of carbonyl (C=O) groups is 1. The molecular weight excluding hydrogens is 843 g/mol. The van der Waals surface area contributed by atoms with Crippen LogP contribution in [0.3, 0.4) is 0 Å². The maximum absolute atomic E-state index is 14.5. The Morgan fingerprint density at radius 2 is 1.06 bits per heavy atom. The van der Waals surface area contributed by atoms with Crippen LogP contribution in [0, 0.1) is 6.92 Å². The van der Waals surface area contributed by atoms with Crippen molar-refractivity contribution in [3.05, 3.63) is 186 Å². The molecular formula is C58H59N7O3. The molecule has 0 heterocycles. The van der Waals surface area contributed by atoms with Gasteiger partial charge >= 0.3 is 0 Å². The third kappa shape index (κ3) is 10.0. The Morgan fingerprint density at radius 3 is 1.63 bits per heavy atom. The fraction of sp³-hybridized carbons (Fsp3) is 0.224. The zero-order valence-electron chi connectivity index (χ0n) is 40.1. The summed E-state index contributed by atoms with van der Waals surface area (Å²) in [7, 11) is 2.03. The van der Waals surface area contributed by atoms with Gasteiger partial charge in [0, 0.05) is 48.0 Å². The molecule has 0 N–H and O–H groups in total. The number of ether oxygens (including phenoxy) is 1. The Hall–Kier alpha value is -7.69. The Kier molecular flexibility index (Phi) is 15.0. The molecule has 0 atom stereocenters. The van der Waals surface area contributed by atoms with E-state index in [-0.39, 0.29) is 5.91 Å². The predicted molar refractivity (Wildman–Crippen MR) is 280 cm³/mol. The number of hydrogen-bond donors (Lipinski definition) is 0. The van der Waals surface area contributed by atoms with Crippen LogP contribution in [-0.2, 0) is 24.3 Å². The van der Waals surface area contributed by atoms with E-state index in [1.54, 1.807) is 0 Å². The minimum Gasteiger partial charge on any atom is -0.491 e. The average Bonchev–Trinajstić information content (AvgIpc) is 3.38. The van der Waals surface area contributed by atoms with Crippen LogP contribution >= 0.6 is 0 Å². The monoisotopic (exact) mass is 901 g/mol. The largest absolute Gasteiger partial charge is 0.491 e. The summed E-state index contributed by atoms with van der Waals surface area (Å²) in [6, 6.07) is 52.7. The second-order valence-corrected chi connectivity index (χ2v) is 16.5. The van der Waals surface area contributed by atoms with Crippen molar-refractivity contribution in [1.29, 1.82) is 0 Å². The third-order valence-electron chi connectivity index (χ3n) is 12.4. The number of para-hydroxylation sites is 2. The molecule has 344 valence electrons. The lowest BCUT2D eigenvalue weighted by Gasteiger charge is -2.25. The Balaban J connectivity index is 1.00. The molecule has 8 rings (SSSR count). The van der Waals surface area contributed by atoms with E-state index in [4.69, 9.17) is 30.0 Å². The van der Waals surface area contributed by atoms with Crippen LogP contribution in [0.15, 0.2) is 178 Å². The maximum atomic E-state index is 14.5. The molecule has 1 amide bonds. The molecule has 10 heteroatoms. The molecule has 0 bridgehead atoms. The van der Waals surface area contributed by atoms with Gasteiger partial charge in [-0.15, -0.1) is 10.2 Å². The highest BCUT2D eigenvalue weighted by Crippen LogP contribution is 2.42. The second-order valence-electron chi connectivity index (χ2n) is 16.5. The molecule has 68 heavy (non-hydrogen) atoms. The lowest BCUT2D eigenvalue weighted by Crippen LogP contribution is -2.31. The van der Waals surface area contributed by atoms with Crippen molar-refractivity contribution in [2.24, 2.45) is 20.5 Å². The topological polar surface area (TPSA) is 94.7 Å². The number of nitrogens with zero attached hydrogens (tertiary/aromatic N) is 7. The van der Waals surface area contributed by atoms with Crippen LogP contribution in [0.2, 0.25) is 0 Å². The van der Waals surface area contributed by atoms with E-state index in [1.165, 1.54) is 5.56 Å². The maximum Gasteiger partial charge on any atom is 0.262 e. The number of benzene rings is 8. The third-order valence-corrected chi connectivity index (χ3v) is 12.4. The first-order valence-corrected chi connectivity index (χ1v) is 23.6. The molecule has 10 nitrogen and oxygen atoms in total. The summed E-state index contributed by atoms with van der Waals surface area (Å²) in [5.74, 6) is 0.271. The van der Waals surface area contributed by atoms with Gasteiger partial charge in [-0.3, -0.25) is 14.7 Å². The molecule has 0 saturated heterocycles. The molecule has 0 aliphatic heterocycles. The Labute approximate surface area is 400 Å². The van der Waals surface area contributed by atoms with Crippen molar-refractivity contribution in [2.75, 3.05) is 41.6 Å². The number of aryl methyl sites for hydroxylation is 2. The van der Waals surface area contributed by atoms with Crippen LogP contribution in [0.1, 0.15) is 67.2 Å². The molecule has 0 aliphatic rings. The quantitative estimate of drug-likeness (QED) is 0.0631. The van der Waals surface area contributed by atoms with Gasteiger partial charge in [0.15, 0.2) is 5.75 Å². The van der Waals surface area contributed by atoms with Gasteiger partial charge in [0.05, 0.1) is 34.9 Å². The minimum absolute atomic E-state index is 0.147. The molecule has 0 unspecified atom stereocenters. The van der Waals surface area contributed by atoms with Gasteiger partial charge in [-0.05, 0) is 146 Å². The predicted octanol–water partition coefficient (Wildman–Crippen LogP) is 16.0. The summed E-state index contributed by atoms with van der Waals surface area (Å²) in [6.45, 7) is 14.4. The average molecular weight is 902 g/mol. The summed E-state index contributed by atoms with van der Waals surface area (Å²) >= 11 is 0. The number of carbonyl (C=O) groups excluding carboxylic acids is 1. The Bertz CT molecular complexity index is 3090. The number of anilines is 4. The first-order chi connectivity index (χ1) is 33.3. The van der Waals surface area contributed by atoms with E-state index >= 15 is 0 Å². The zero-order valence-corrected chi connectivity index (χ0v) is 40.1. The van der Waals surface area contributed by atoms with Gasteiger partial charge in [-0.1, -0.05) is 98.8 Å². The van der Waals surface area contributed by atoms with Crippen molar-refractivity contribution in [3.8, 4) is 5.75 Å². The summed E-state index contributed by atoms with van der Waals surface area (Å²) in [5.41, 5.74) is 11.6. The van der Waals surface area contributed by atoms with Gasteiger partial charge < -0.3 is 14.5 Å². The molecule has 0 saturated carbocycles. The number of azo groups is 2. The molecule has 0 radical (unpaired) electrons. The lowest BCUT2D eigenvalue weighted by atomic mass is 10.00. The van der Waals surface area contributed by atoms with E-state index in [2.05, 4.69) is 81.1 Å². The first-order valence-electron chi connectivity index (χ1n) is 23.6. The fourth-order valence-corrected chi connectivity index (χ4v) is 8.65. The normalized spacial score (nSPS) is 11.5. The van der Waals surface area contributed by atoms with Crippen LogP contribution in [0.25, 0.3) is 21.5 Å². The summed E-state index contributed by atoms with van der Waals surface area (Å²) in [4.78, 5) is 24.8. The van der Waals surface area contributed by atoms with Crippen LogP contribution in [0.5, 0.6) is 5.75 Å². The number of hydroxylamine groups is 1. The molecule has 0 fully saturated rings. The second kappa shape index (κ2) is 21.7. The van der Waals surface area contributed by atoms with Crippen molar-refractivity contribution in [3.63, 3.8) is 0 Å². The van der Waals surface area contributed by atoms with Crippen molar-refractivity contribution < 1.29 is 14.4 Å². The van der Waals surface area contributed by atoms with E-state index in [1.807, 2.05) is 140 Å². The van der Waals surface area contributed by atoms with Crippen LogP contribution in [-0.4, -0.2) is 32.7 Å². The van der Waals surface area contributed by atoms with Gasteiger partial charge in [0.25, 0.3) is 5.91 Å². The molecule has 8 aromatic rings. The van der Waals surface area contributed by atoms with E-state index in [0.29, 0.717) is 42.4 Å². The number of amides is 1. The van der Waals surface area contributed by atoms with Gasteiger partial charge in [0.1, 0.15) is 12.3 Å². The number of hydrogen-bond acceptors (Lipinski definition) is 9. The zero-order chi connectivity index (χ0) is 47.6. The fourth-order valence-electron chi connectivity index (χ4n) is 8.65. The molecule has 8 aromatic carbocycles. The SMILES string of the molecule is CCOc1c(C(=O)N(CC)c2ccccc2CC)cc2ccccc2c1N=Nc1ccc(N(C)c2ccc(N=Nc3c(C)c(CON(CC)c4ccccc4CC)cc4ccccc34)cc2)cc1. The van der Waals surface area contributed by atoms with Crippen LogP contribution in [0.4, 0.5) is 45.5 Å². The van der Waals surface area contributed by atoms with Gasteiger partial charge in [-0.2, -0.15) is 10.2 Å². The smallest absolute Gasteiger partial charge is 0.262 e. The summed E-state index contributed by atoms with van der Waals surface area (Å²) in [5, 5.41) is 24.9. The summed E-state index contributed by atoms with van der Waals surface area (Å²) in [6.07, 6.45) is 1.74. The van der Waals surface area contributed by atoms with Gasteiger partial charge in [-0.25, -0.2) is 0 Å². The highest BCUT2D eigenvalue weighted by Gasteiger charge is 2.26. The number of rotatable bonds is 18. The summed E-state index contributed by atoms with van der Waals surface area (Å²) < 4.78 is 6.26. The van der Waals surface area contributed by atoms with E-state index in [9.17, 15) is 4.79 Å². The van der Waals surface area contributed by atoms with Crippen molar-refractivity contribution in [1.82, 2.24) is 0 Å². The first kappa shape index (κ1) is 46.8. The highest BCUT2D eigenvalue weighted by molar-refractivity contribution is 6.13. The highest BCUT2D eigenvalue weighted by atomic mass is 16.7. The van der Waals surface area contributed by atoms with Gasteiger partial charge in [0.2, 0.25) is 0 Å². The minimum atomic E-state index is -0.147.